The van der Waals surface area contributed by atoms with Gasteiger partial charge in [-0.3, -0.25) is 4.68 Å². The fourth-order valence-corrected chi connectivity index (χ4v) is 1.66. The first-order valence-corrected chi connectivity index (χ1v) is 5.16. The van der Waals surface area contributed by atoms with Crippen molar-refractivity contribution in [3.8, 4) is 0 Å². The van der Waals surface area contributed by atoms with Crippen molar-refractivity contribution in [2.45, 2.75) is 20.0 Å². The van der Waals surface area contributed by atoms with Crippen molar-refractivity contribution in [2.24, 2.45) is 5.73 Å². The maximum atomic E-state index is 13.0. The number of nitrogens with two attached hydrogens (primary N) is 1. The zero-order chi connectivity index (χ0) is 11.5. The van der Waals surface area contributed by atoms with Gasteiger partial charge >= 0.3 is 0 Å². The van der Waals surface area contributed by atoms with E-state index in [0.29, 0.717) is 13.1 Å². The van der Waals surface area contributed by atoms with Crippen LogP contribution in [-0.4, -0.2) is 9.78 Å². The van der Waals surface area contributed by atoms with Crippen LogP contribution < -0.4 is 5.73 Å². The van der Waals surface area contributed by atoms with Gasteiger partial charge in [0.25, 0.3) is 0 Å². The van der Waals surface area contributed by atoms with E-state index < -0.39 is 0 Å². The number of hydrogen-bond donors (Lipinski definition) is 1. The first-order chi connectivity index (χ1) is 7.70. The molecule has 0 aliphatic carbocycles. The highest BCUT2D eigenvalue weighted by atomic mass is 19.1. The van der Waals surface area contributed by atoms with Gasteiger partial charge in [0.1, 0.15) is 5.82 Å². The van der Waals surface area contributed by atoms with Gasteiger partial charge in [-0.15, -0.1) is 0 Å². The highest BCUT2D eigenvalue weighted by Crippen LogP contribution is 2.13. The van der Waals surface area contributed by atoms with Crippen LogP contribution in [0.3, 0.4) is 0 Å². The predicted molar refractivity (Wildman–Crippen MR) is 60.4 cm³/mol. The highest BCUT2D eigenvalue weighted by Gasteiger charge is 2.05. The molecule has 3 nitrogen and oxygen atoms in total. The lowest BCUT2D eigenvalue weighted by atomic mass is 10.1. The third-order valence-electron chi connectivity index (χ3n) is 2.64. The molecule has 0 atom stereocenters. The third kappa shape index (κ3) is 2.12. The topological polar surface area (TPSA) is 43.8 Å². The normalized spacial score (nSPS) is 10.7. The Hall–Kier alpha value is -1.68. The second kappa shape index (κ2) is 4.45. The number of halogens is 1. The summed E-state index contributed by atoms with van der Waals surface area (Å²) < 4.78 is 14.9. The quantitative estimate of drug-likeness (QED) is 0.856. The van der Waals surface area contributed by atoms with E-state index in [2.05, 4.69) is 5.10 Å². The zero-order valence-corrected chi connectivity index (χ0v) is 9.15. The number of rotatable bonds is 3. The van der Waals surface area contributed by atoms with E-state index in [1.54, 1.807) is 12.3 Å². The van der Waals surface area contributed by atoms with Crippen LogP contribution in [0.4, 0.5) is 4.39 Å². The van der Waals surface area contributed by atoms with Crippen molar-refractivity contribution in [1.82, 2.24) is 9.78 Å². The third-order valence-corrected chi connectivity index (χ3v) is 2.64. The molecule has 0 amide bonds. The molecule has 0 saturated heterocycles. The average molecular weight is 219 g/mol. The van der Waals surface area contributed by atoms with E-state index in [1.165, 1.54) is 12.1 Å². The predicted octanol–water partition coefficient (Wildman–Crippen LogP) is 1.84. The van der Waals surface area contributed by atoms with Gasteiger partial charge in [0.15, 0.2) is 0 Å². The number of nitrogens with zero attached hydrogens (tertiary/aromatic N) is 2. The molecule has 16 heavy (non-hydrogen) atoms. The molecule has 84 valence electrons. The molecule has 2 rings (SSSR count). The summed E-state index contributed by atoms with van der Waals surface area (Å²) >= 11 is 0. The number of aromatic nitrogens is 2. The number of benzene rings is 1. The number of aryl methyl sites for hydroxylation is 1. The molecule has 0 bridgehead atoms. The van der Waals surface area contributed by atoms with E-state index in [1.807, 2.05) is 17.7 Å². The largest absolute Gasteiger partial charge is 0.326 e. The minimum absolute atomic E-state index is 0.249. The van der Waals surface area contributed by atoms with E-state index in [9.17, 15) is 4.39 Å². The van der Waals surface area contributed by atoms with Crippen molar-refractivity contribution in [3.05, 3.63) is 53.1 Å². The molecule has 2 N–H and O–H groups in total. The van der Waals surface area contributed by atoms with Gasteiger partial charge in [0, 0.05) is 18.4 Å². The van der Waals surface area contributed by atoms with Crippen LogP contribution in [0.2, 0.25) is 0 Å². The lowest BCUT2D eigenvalue weighted by Crippen LogP contribution is -2.09. The molecule has 0 fully saturated rings. The van der Waals surface area contributed by atoms with Crippen molar-refractivity contribution in [1.29, 1.82) is 0 Å². The van der Waals surface area contributed by atoms with Crippen molar-refractivity contribution >= 4 is 0 Å². The summed E-state index contributed by atoms with van der Waals surface area (Å²) in [4.78, 5) is 0. The molecular weight excluding hydrogens is 205 g/mol. The van der Waals surface area contributed by atoms with Crippen LogP contribution in [0, 0.1) is 12.7 Å². The van der Waals surface area contributed by atoms with Crippen molar-refractivity contribution in [2.75, 3.05) is 0 Å². The molecule has 0 radical (unpaired) electrons. The molecule has 4 heteroatoms. The van der Waals surface area contributed by atoms with Crippen LogP contribution >= 0.6 is 0 Å². The smallest absolute Gasteiger partial charge is 0.123 e. The summed E-state index contributed by atoms with van der Waals surface area (Å²) in [6.45, 7) is 2.96. The Morgan fingerprint density at radius 1 is 1.31 bits per heavy atom. The molecule has 1 heterocycles. The van der Waals surface area contributed by atoms with Crippen LogP contribution in [0.1, 0.15) is 16.8 Å². The van der Waals surface area contributed by atoms with E-state index >= 15 is 0 Å². The lowest BCUT2D eigenvalue weighted by Gasteiger charge is -2.09. The first kappa shape index (κ1) is 10.8. The fraction of sp³-hybridized carbons (Fsp3) is 0.250. The van der Waals surface area contributed by atoms with Gasteiger partial charge in [-0.05, 0) is 36.2 Å². The minimum atomic E-state index is -0.249. The van der Waals surface area contributed by atoms with E-state index in [4.69, 9.17) is 5.73 Å². The molecule has 0 unspecified atom stereocenters. The molecule has 0 saturated carbocycles. The van der Waals surface area contributed by atoms with Crippen molar-refractivity contribution in [3.63, 3.8) is 0 Å². The summed E-state index contributed by atoms with van der Waals surface area (Å²) in [5.74, 6) is -0.249. The summed E-state index contributed by atoms with van der Waals surface area (Å²) in [6.07, 6.45) is 1.75. The Labute approximate surface area is 93.7 Å². The molecule has 2 aromatic rings. The van der Waals surface area contributed by atoms with Gasteiger partial charge in [0.2, 0.25) is 0 Å². The average Bonchev–Trinajstić information content (AvgIpc) is 2.67. The molecule has 1 aromatic carbocycles. The highest BCUT2D eigenvalue weighted by molar-refractivity contribution is 5.28. The van der Waals surface area contributed by atoms with Gasteiger partial charge in [-0.1, -0.05) is 6.07 Å². The SMILES string of the molecule is Cc1ccnn1Cc1ccc(F)cc1CN. The molecule has 0 spiro atoms. The molecule has 0 aliphatic heterocycles. The second-order valence-corrected chi connectivity index (χ2v) is 3.75. The fourth-order valence-electron chi connectivity index (χ4n) is 1.66. The van der Waals surface area contributed by atoms with Gasteiger partial charge in [-0.2, -0.15) is 5.10 Å². The van der Waals surface area contributed by atoms with Crippen molar-refractivity contribution < 1.29 is 4.39 Å². The van der Waals surface area contributed by atoms with Crippen LogP contribution in [0.25, 0.3) is 0 Å². The standard InChI is InChI=1S/C12H14FN3/c1-9-4-5-15-16(9)8-10-2-3-12(13)6-11(10)7-14/h2-6H,7-8,14H2,1H3. The Morgan fingerprint density at radius 2 is 2.12 bits per heavy atom. The Bertz CT molecular complexity index is 491. The summed E-state index contributed by atoms with van der Waals surface area (Å²) in [7, 11) is 0. The molecule has 0 aliphatic rings. The Morgan fingerprint density at radius 3 is 2.75 bits per heavy atom. The van der Waals surface area contributed by atoms with E-state index in [-0.39, 0.29) is 5.82 Å². The maximum absolute atomic E-state index is 13.0. The zero-order valence-electron chi connectivity index (χ0n) is 9.15. The van der Waals surface area contributed by atoms with Crippen LogP contribution in [-0.2, 0) is 13.1 Å². The second-order valence-electron chi connectivity index (χ2n) is 3.75. The summed E-state index contributed by atoms with van der Waals surface area (Å²) in [5, 5.41) is 4.19. The molecular formula is C12H14FN3. The minimum Gasteiger partial charge on any atom is -0.326 e. The number of hydrogen-bond acceptors (Lipinski definition) is 2. The lowest BCUT2D eigenvalue weighted by molar-refractivity contribution is 0.618. The summed E-state index contributed by atoms with van der Waals surface area (Å²) in [6, 6.07) is 6.63. The van der Waals surface area contributed by atoms with E-state index in [0.717, 1.165) is 16.8 Å². The maximum Gasteiger partial charge on any atom is 0.123 e. The van der Waals surface area contributed by atoms with Crippen LogP contribution in [0.5, 0.6) is 0 Å². The Kier molecular flexibility index (Phi) is 3.01. The first-order valence-electron chi connectivity index (χ1n) is 5.16. The van der Waals surface area contributed by atoms with Gasteiger partial charge in [0.05, 0.1) is 6.54 Å². The molecule has 1 aromatic heterocycles. The Balaban J connectivity index is 2.31. The van der Waals surface area contributed by atoms with Gasteiger partial charge < -0.3 is 5.73 Å². The monoisotopic (exact) mass is 219 g/mol. The van der Waals surface area contributed by atoms with Crippen LogP contribution in [0.15, 0.2) is 30.5 Å². The summed E-state index contributed by atoms with van der Waals surface area (Å²) in [5.41, 5.74) is 8.50. The van der Waals surface area contributed by atoms with Gasteiger partial charge in [-0.25, -0.2) is 4.39 Å².